The Morgan fingerprint density at radius 2 is 2.00 bits per heavy atom. The van der Waals surface area contributed by atoms with Crippen LogP contribution in [0.5, 0.6) is 0 Å². The minimum atomic E-state index is -3.44. The van der Waals surface area contributed by atoms with Crippen LogP contribution >= 0.6 is 0 Å². The van der Waals surface area contributed by atoms with Crippen LogP contribution in [0.25, 0.3) is 22.2 Å². The largest absolute Gasteiger partial charge is 0.346 e. The van der Waals surface area contributed by atoms with Crippen LogP contribution < -0.4 is 9.62 Å². The Hall–Kier alpha value is -3.13. The van der Waals surface area contributed by atoms with Crippen molar-refractivity contribution in [2.45, 2.75) is 18.9 Å². The van der Waals surface area contributed by atoms with Gasteiger partial charge in [0.2, 0.25) is 16.4 Å². The van der Waals surface area contributed by atoms with Crippen LogP contribution in [0, 0.1) is 0 Å². The fraction of sp³-hybridized carbons (Fsp3) is 0.200. The van der Waals surface area contributed by atoms with Crippen molar-refractivity contribution in [3.63, 3.8) is 0 Å². The van der Waals surface area contributed by atoms with E-state index >= 15 is 0 Å². The van der Waals surface area contributed by atoms with Crippen molar-refractivity contribution in [1.82, 2.24) is 9.97 Å². The lowest BCUT2D eigenvalue weighted by Gasteiger charge is -2.17. The molecular weight excluding hydrogens is 376 g/mol. The first kappa shape index (κ1) is 18.2. The van der Waals surface area contributed by atoms with E-state index in [0.29, 0.717) is 17.2 Å². The molecule has 2 aromatic heterocycles. The third kappa shape index (κ3) is 3.63. The van der Waals surface area contributed by atoms with Crippen molar-refractivity contribution in [2.75, 3.05) is 15.4 Å². The van der Waals surface area contributed by atoms with Gasteiger partial charge < -0.3 is 4.98 Å². The summed E-state index contributed by atoms with van der Waals surface area (Å²) < 4.78 is 26.3. The lowest BCUT2D eigenvalue weighted by atomic mass is 10.0. The van der Waals surface area contributed by atoms with Gasteiger partial charge in [-0.15, -0.1) is 6.58 Å². The molecule has 0 bridgehead atoms. The molecule has 28 heavy (non-hydrogen) atoms. The van der Waals surface area contributed by atoms with E-state index in [1.165, 1.54) is 6.08 Å². The van der Waals surface area contributed by atoms with E-state index in [-0.39, 0.29) is 11.8 Å². The second-order valence-corrected chi connectivity index (χ2v) is 8.53. The van der Waals surface area contributed by atoms with Crippen molar-refractivity contribution in [1.29, 1.82) is 0 Å². The Bertz CT molecular complexity index is 1130. The standard InChI is InChI=1S/C20H20N4O3S/c1-2-11-28(26,27)23-15-5-3-14(4-6-15)18-12-19(24(13-25)16-7-8-16)22-20-17(18)9-10-21-20/h2-6,9-10,12-13,16,23H,1,7-8,11H2,(H,21,22). The molecule has 1 fully saturated rings. The lowest BCUT2D eigenvalue weighted by molar-refractivity contribution is -0.107. The molecule has 1 aromatic carbocycles. The summed E-state index contributed by atoms with van der Waals surface area (Å²) in [5, 5.41) is 0.936. The van der Waals surface area contributed by atoms with E-state index in [4.69, 9.17) is 0 Å². The maximum absolute atomic E-state index is 11.9. The number of aromatic amines is 1. The first-order valence-electron chi connectivity index (χ1n) is 8.94. The van der Waals surface area contributed by atoms with Crippen molar-refractivity contribution in [3.8, 4) is 11.1 Å². The van der Waals surface area contributed by atoms with E-state index in [1.54, 1.807) is 17.0 Å². The molecule has 3 aromatic rings. The zero-order valence-electron chi connectivity index (χ0n) is 15.1. The molecule has 8 heteroatoms. The Morgan fingerprint density at radius 3 is 2.64 bits per heavy atom. The number of rotatable bonds is 8. The summed E-state index contributed by atoms with van der Waals surface area (Å²) in [5.41, 5.74) is 3.02. The van der Waals surface area contributed by atoms with Gasteiger partial charge in [0.15, 0.2) is 0 Å². The second-order valence-electron chi connectivity index (χ2n) is 6.76. The molecule has 4 rings (SSSR count). The molecule has 0 saturated heterocycles. The number of sulfonamides is 1. The number of aromatic nitrogens is 2. The number of amides is 1. The normalized spacial score (nSPS) is 14.0. The van der Waals surface area contributed by atoms with Gasteiger partial charge in [-0.3, -0.25) is 14.4 Å². The molecular formula is C20H20N4O3S. The Labute approximate surface area is 163 Å². The topological polar surface area (TPSA) is 95.2 Å². The highest BCUT2D eigenvalue weighted by atomic mass is 32.2. The molecule has 2 heterocycles. The molecule has 0 aliphatic heterocycles. The highest BCUT2D eigenvalue weighted by Crippen LogP contribution is 2.35. The van der Waals surface area contributed by atoms with Crippen molar-refractivity contribution < 1.29 is 13.2 Å². The van der Waals surface area contributed by atoms with E-state index in [9.17, 15) is 13.2 Å². The monoisotopic (exact) mass is 396 g/mol. The van der Waals surface area contributed by atoms with E-state index < -0.39 is 10.0 Å². The predicted molar refractivity (Wildman–Crippen MR) is 111 cm³/mol. The second kappa shape index (κ2) is 7.12. The van der Waals surface area contributed by atoms with Crippen molar-refractivity contribution >= 4 is 39.0 Å². The molecule has 1 aliphatic rings. The van der Waals surface area contributed by atoms with Gasteiger partial charge in [-0.25, -0.2) is 13.4 Å². The van der Waals surface area contributed by atoms with Gasteiger partial charge >= 0.3 is 0 Å². The number of anilines is 2. The smallest absolute Gasteiger partial charge is 0.236 e. The molecule has 144 valence electrons. The fourth-order valence-corrected chi connectivity index (χ4v) is 4.06. The minimum Gasteiger partial charge on any atom is -0.346 e. The summed E-state index contributed by atoms with van der Waals surface area (Å²) in [6.07, 6.45) is 5.95. The Balaban J connectivity index is 1.71. The number of hydrogen-bond acceptors (Lipinski definition) is 4. The zero-order chi connectivity index (χ0) is 19.7. The van der Waals surface area contributed by atoms with Crippen LogP contribution in [0.4, 0.5) is 11.5 Å². The number of pyridine rings is 1. The van der Waals surface area contributed by atoms with Crippen LogP contribution in [0.15, 0.2) is 55.3 Å². The third-order valence-electron chi connectivity index (χ3n) is 4.64. The maximum Gasteiger partial charge on any atom is 0.236 e. The van der Waals surface area contributed by atoms with E-state index in [0.717, 1.165) is 35.8 Å². The van der Waals surface area contributed by atoms with E-state index in [2.05, 4.69) is 21.3 Å². The molecule has 1 aliphatic carbocycles. The molecule has 1 saturated carbocycles. The summed E-state index contributed by atoms with van der Waals surface area (Å²) in [7, 11) is -3.44. The highest BCUT2D eigenvalue weighted by molar-refractivity contribution is 7.92. The minimum absolute atomic E-state index is 0.144. The average Bonchev–Trinajstić information content (AvgIpc) is 3.38. The molecule has 0 atom stereocenters. The Kier molecular flexibility index (Phi) is 4.64. The number of fused-ring (bicyclic) bond motifs is 1. The number of carbonyl (C=O) groups excluding carboxylic acids is 1. The van der Waals surface area contributed by atoms with Gasteiger partial charge in [0.1, 0.15) is 11.5 Å². The highest BCUT2D eigenvalue weighted by Gasteiger charge is 2.30. The lowest BCUT2D eigenvalue weighted by Crippen LogP contribution is -2.24. The molecule has 1 amide bonds. The number of H-pyrrole nitrogens is 1. The summed E-state index contributed by atoms with van der Waals surface area (Å²) in [5.74, 6) is 0.466. The Morgan fingerprint density at radius 1 is 1.25 bits per heavy atom. The summed E-state index contributed by atoms with van der Waals surface area (Å²) >= 11 is 0. The van der Waals surface area contributed by atoms with Gasteiger partial charge in [0, 0.05) is 23.3 Å². The first-order valence-corrected chi connectivity index (χ1v) is 10.6. The van der Waals surface area contributed by atoms with Crippen LogP contribution in [-0.4, -0.2) is 36.6 Å². The van der Waals surface area contributed by atoms with Crippen molar-refractivity contribution in [2.24, 2.45) is 0 Å². The van der Waals surface area contributed by atoms with Crippen LogP contribution in [0.3, 0.4) is 0 Å². The van der Waals surface area contributed by atoms with Crippen LogP contribution in [-0.2, 0) is 14.8 Å². The molecule has 2 N–H and O–H groups in total. The van der Waals surface area contributed by atoms with Crippen LogP contribution in [0.2, 0.25) is 0 Å². The van der Waals surface area contributed by atoms with Gasteiger partial charge in [0.05, 0.1) is 5.75 Å². The predicted octanol–water partition coefficient (Wildman–Crippen LogP) is 3.28. The maximum atomic E-state index is 11.9. The third-order valence-corrected chi connectivity index (χ3v) is 5.86. The van der Waals surface area contributed by atoms with Gasteiger partial charge in [0.25, 0.3) is 0 Å². The molecule has 0 radical (unpaired) electrons. The number of nitrogens with one attached hydrogen (secondary N) is 2. The van der Waals surface area contributed by atoms with Gasteiger partial charge in [-0.2, -0.15) is 0 Å². The summed E-state index contributed by atoms with van der Waals surface area (Å²) in [4.78, 5) is 20.9. The van der Waals surface area contributed by atoms with Gasteiger partial charge in [-0.05, 0) is 48.2 Å². The molecule has 7 nitrogen and oxygen atoms in total. The van der Waals surface area contributed by atoms with E-state index in [1.807, 2.05) is 30.5 Å². The number of hydrogen-bond donors (Lipinski definition) is 2. The molecule has 0 unspecified atom stereocenters. The number of benzene rings is 1. The zero-order valence-corrected chi connectivity index (χ0v) is 15.9. The number of carbonyl (C=O) groups is 1. The molecule has 0 spiro atoms. The summed E-state index contributed by atoms with van der Waals surface area (Å²) in [6.45, 7) is 3.45. The summed E-state index contributed by atoms with van der Waals surface area (Å²) in [6, 6.07) is 11.2. The number of nitrogens with zero attached hydrogens (tertiary/aromatic N) is 2. The van der Waals surface area contributed by atoms with Crippen molar-refractivity contribution in [3.05, 3.63) is 55.3 Å². The quantitative estimate of drug-likeness (QED) is 0.451. The van der Waals surface area contributed by atoms with Gasteiger partial charge in [-0.1, -0.05) is 18.2 Å². The van der Waals surface area contributed by atoms with Crippen LogP contribution in [0.1, 0.15) is 12.8 Å². The average molecular weight is 396 g/mol. The fourth-order valence-electron chi connectivity index (χ4n) is 3.17. The SMILES string of the molecule is C=CCS(=O)(=O)Nc1ccc(-c2cc(N(C=O)C3CC3)nc3[nH]ccc23)cc1. The first-order chi connectivity index (χ1) is 13.5.